The summed E-state index contributed by atoms with van der Waals surface area (Å²) in [6.45, 7) is 6.58. The van der Waals surface area contributed by atoms with E-state index in [2.05, 4.69) is 18.7 Å². The number of nitrogens with zero attached hydrogens (tertiary/aromatic N) is 2. The molecule has 0 aromatic carbocycles. The first-order chi connectivity index (χ1) is 7.99. The highest BCUT2D eigenvalue weighted by atomic mass is 16.2. The van der Waals surface area contributed by atoms with Gasteiger partial charge in [-0.05, 0) is 45.6 Å². The van der Waals surface area contributed by atoms with E-state index in [0.717, 1.165) is 19.5 Å². The Balaban J connectivity index is 1.86. The maximum absolute atomic E-state index is 12.1. The first-order valence-corrected chi connectivity index (χ1v) is 6.72. The zero-order valence-corrected chi connectivity index (χ0v) is 11.2. The fourth-order valence-electron chi connectivity index (χ4n) is 3.01. The monoisotopic (exact) mass is 239 g/mol. The second-order valence-corrected chi connectivity index (χ2v) is 5.97. The Kier molecular flexibility index (Phi) is 3.73. The van der Waals surface area contributed by atoms with Crippen LogP contribution in [-0.2, 0) is 4.79 Å². The molecule has 0 bridgehead atoms. The minimum Gasteiger partial charge on any atom is -0.341 e. The second kappa shape index (κ2) is 4.94. The van der Waals surface area contributed by atoms with E-state index in [-0.39, 0.29) is 5.91 Å². The van der Waals surface area contributed by atoms with E-state index in [4.69, 9.17) is 5.73 Å². The summed E-state index contributed by atoms with van der Waals surface area (Å²) in [5.74, 6) is 1.49. The molecule has 0 radical (unpaired) electrons. The highest BCUT2D eigenvalue weighted by Gasteiger charge is 2.42. The van der Waals surface area contributed by atoms with Crippen LogP contribution in [0.25, 0.3) is 0 Å². The number of rotatable bonds is 3. The smallest absolute Gasteiger partial charge is 0.236 e. The van der Waals surface area contributed by atoms with Crippen LogP contribution in [0.3, 0.4) is 0 Å². The summed E-state index contributed by atoms with van der Waals surface area (Å²) in [5.41, 5.74) is 6.08. The van der Waals surface area contributed by atoms with Crippen LogP contribution in [0.15, 0.2) is 0 Å². The largest absolute Gasteiger partial charge is 0.341 e. The number of hydrogen-bond donors (Lipinski definition) is 1. The molecule has 2 N–H and O–H groups in total. The molecule has 1 saturated heterocycles. The van der Waals surface area contributed by atoms with Crippen molar-refractivity contribution < 1.29 is 4.79 Å². The second-order valence-electron chi connectivity index (χ2n) is 5.97. The van der Waals surface area contributed by atoms with Crippen LogP contribution >= 0.6 is 0 Å². The quantitative estimate of drug-likeness (QED) is 0.781. The van der Waals surface area contributed by atoms with E-state index in [0.29, 0.717) is 30.5 Å². The minimum absolute atomic E-state index is 0.266. The topological polar surface area (TPSA) is 49.6 Å². The molecule has 2 aliphatic rings. The lowest BCUT2D eigenvalue weighted by Crippen LogP contribution is -2.41. The van der Waals surface area contributed by atoms with Gasteiger partial charge >= 0.3 is 0 Å². The molecular formula is C13H25N3O. The van der Waals surface area contributed by atoms with Crippen LogP contribution in [0.4, 0.5) is 0 Å². The Morgan fingerprint density at radius 2 is 2.12 bits per heavy atom. The molecule has 1 saturated carbocycles. The summed E-state index contributed by atoms with van der Waals surface area (Å²) < 4.78 is 0. The van der Waals surface area contributed by atoms with Crippen molar-refractivity contribution >= 4 is 5.91 Å². The number of nitrogens with two attached hydrogens (primary N) is 1. The van der Waals surface area contributed by atoms with Gasteiger partial charge in [0.2, 0.25) is 5.91 Å². The van der Waals surface area contributed by atoms with Gasteiger partial charge in [0.05, 0.1) is 6.54 Å². The molecule has 1 amide bonds. The molecule has 1 heterocycles. The average molecular weight is 239 g/mol. The molecule has 4 nitrogen and oxygen atoms in total. The maximum Gasteiger partial charge on any atom is 0.236 e. The fourth-order valence-corrected chi connectivity index (χ4v) is 3.01. The van der Waals surface area contributed by atoms with Gasteiger partial charge in [0, 0.05) is 25.2 Å². The van der Waals surface area contributed by atoms with Crippen molar-refractivity contribution in [2.45, 2.75) is 38.8 Å². The molecule has 3 atom stereocenters. The molecule has 0 aromatic heterocycles. The summed E-state index contributed by atoms with van der Waals surface area (Å²) in [4.78, 5) is 16.3. The van der Waals surface area contributed by atoms with Gasteiger partial charge < -0.3 is 10.6 Å². The first kappa shape index (κ1) is 12.8. The van der Waals surface area contributed by atoms with Gasteiger partial charge in [0.15, 0.2) is 0 Å². The summed E-state index contributed by atoms with van der Waals surface area (Å²) >= 11 is 0. The number of likely N-dealkylation sites (N-methyl/N-ethyl adjacent to an activating group) is 1. The molecule has 2 fully saturated rings. The third-order valence-electron chi connectivity index (χ3n) is 4.53. The molecular weight excluding hydrogens is 214 g/mol. The van der Waals surface area contributed by atoms with Crippen LogP contribution in [0.5, 0.6) is 0 Å². The third kappa shape index (κ3) is 2.63. The van der Waals surface area contributed by atoms with Crippen molar-refractivity contribution in [3.63, 3.8) is 0 Å². The fraction of sp³-hybridized carbons (Fsp3) is 0.923. The van der Waals surface area contributed by atoms with Gasteiger partial charge in [0.25, 0.3) is 0 Å². The van der Waals surface area contributed by atoms with Gasteiger partial charge in [-0.2, -0.15) is 0 Å². The molecule has 0 aromatic rings. The molecule has 2 rings (SSSR count). The Labute approximate surface area is 104 Å². The van der Waals surface area contributed by atoms with Crippen molar-refractivity contribution in [2.24, 2.45) is 17.6 Å². The summed E-state index contributed by atoms with van der Waals surface area (Å²) in [6, 6.07) is 0.740. The first-order valence-electron chi connectivity index (χ1n) is 6.72. The van der Waals surface area contributed by atoms with Gasteiger partial charge in [-0.15, -0.1) is 0 Å². The number of carbonyl (C=O) groups excluding carboxylic acids is 1. The van der Waals surface area contributed by atoms with Crippen LogP contribution in [0.2, 0.25) is 0 Å². The predicted octanol–water partition coefficient (Wildman–Crippen LogP) is 0.522. The van der Waals surface area contributed by atoms with E-state index in [1.54, 1.807) is 0 Å². The van der Waals surface area contributed by atoms with E-state index in [9.17, 15) is 4.79 Å². The normalized spacial score (nSPS) is 32.6. The molecule has 4 heteroatoms. The number of carbonyl (C=O) groups is 1. The highest BCUT2D eigenvalue weighted by molar-refractivity contribution is 5.78. The average Bonchev–Trinajstić information content (AvgIpc) is 2.81. The Bertz CT molecular complexity index is 292. The van der Waals surface area contributed by atoms with Crippen molar-refractivity contribution in [3.8, 4) is 0 Å². The Hall–Kier alpha value is -0.610. The van der Waals surface area contributed by atoms with Crippen LogP contribution in [0, 0.1) is 11.8 Å². The van der Waals surface area contributed by atoms with E-state index >= 15 is 0 Å². The maximum atomic E-state index is 12.1. The molecule has 1 aliphatic heterocycles. The molecule has 1 aliphatic carbocycles. The minimum atomic E-state index is 0.266. The number of amides is 1. The number of hydrogen-bond acceptors (Lipinski definition) is 3. The SMILES string of the molecule is CC(C)N(C)CC(=O)N1CC2CCC(N)C2C1. The van der Waals surface area contributed by atoms with Crippen molar-refractivity contribution in [1.29, 1.82) is 0 Å². The van der Waals surface area contributed by atoms with E-state index in [1.807, 2.05) is 11.9 Å². The lowest BCUT2D eigenvalue weighted by atomic mass is 9.98. The summed E-state index contributed by atoms with van der Waals surface area (Å²) in [6.07, 6.45) is 2.35. The number of likely N-dealkylation sites (tertiary alicyclic amines) is 1. The van der Waals surface area contributed by atoms with E-state index in [1.165, 1.54) is 6.42 Å². The predicted molar refractivity (Wildman–Crippen MR) is 68.5 cm³/mol. The lowest BCUT2D eigenvalue weighted by Gasteiger charge is -2.25. The number of fused-ring (bicyclic) bond motifs is 1. The van der Waals surface area contributed by atoms with Gasteiger partial charge in [0.1, 0.15) is 0 Å². The highest BCUT2D eigenvalue weighted by Crippen LogP contribution is 2.37. The van der Waals surface area contributed by atoms with Crippen LogP contribution in [0.1, 0.15) is 26.7 Å². The van der Waals surface area contributed by atoms with Crippen molar-refractivity contribution in [1.82, 2.24) is 9.80 Å². The van der Waals surface area contributed by atoms with Crippen molar-refractivity contribution in [3.05, 3.63) is 0 Å². The Morgan fingerprint density at radius 1 is 1.41 bits per heavy atom. The Morgan fingerprint density at radius 3 is 2.71 bits per heavy atom. The summed E-state index contributed by atoms with van der Waals surface area (Å²) in [5, 5.41) is 0. The van der Waals surface area contributed by atoms with Crippen molar-refractivity contribution in [2.75, 3.05) is 26.7 Å². The molecule has 0 spiro atoms. The molecule has 98 valence electrons. The molecule has 17 heavy (non-hydrogen) atoms. The molecule has 3 unspecified atom stereocenters. The van der Waals surface area contributed by atoms with Crippen LogP contribution < -0.4 is 5.73 Å². The lowest BCUT2D eigenvalue weighted by molar-refractivity contribution is -0.131. The zero-order chi connectivity index (χ0) is 12.6. The standard InChI is InChI=1S/C13H25N3O/c1-9(2)15(3)8-13(17)16-6-10-4-5-12(14)11(10)7-16/h9-12H,4-8,14H2,1-3H3. The zero-order valence-electron chi connectivity index (χ0n) is 11.2. The van der Waals surface area contributed by atoms with Crippen LogP contribution in [-0.4, -0.2) is 54.5 Å². The van der Waals surface area contributed by atoms with E-state index < -0.39 is 0 Å². The van der Waals surface area contributed by atoms with Gasteiger partial charge in [-0.3, -0.25) is 9.69 Å². The van der Waals surface area contributed by atoms with Gasteiger partial charge in [-0.25, -0.2) is 0 Å². The third-order valence-corrected chi connectivity index (χ3v) is 4.53. The van der Waals surface area contributed by atoms with Gasteiger partial charge in [-0.1, -0.05) is 0 Å². The summed E-state index contributed by atoms with van der Waals surface area (Å²) in [7, 11) is 2.01.